The topological polar surface area (TPSA) is 12.0 Å². The Labute approximate surface area is 111 Å². The van der Waals surface area contributed by atoms with Crippen molar-refractivity contribution >= 4 is 0 Å². The SMILES string of the molecule is Cc1cc(C(C)(C)CCNC(C)(C)C)ccc1F. The summed E-state index contributed by atoms with van der Waals surface area (Å²) in [6.07, 6.45) is 1.04. The van der Waals surface area contributed by atoms with Gasteiger partial charge in [0.1, 0.15) is 5.82 Å². The van der Waals surface area contributed by atoms with Gasteiger partial charge in [-0.3, -0.25) is 0 Å². The van der Waals surface area contributed by atoms with E-state index in [9.17, 15) is 4.39 Å². The quantitative estimate of drug-likeness (QED) is 0.846. The van der Waals surface area contributed by atoms with Gasteiger partial charge in [0.25, 0.3) is 0 Å². The molecule has 0 unspecified atom stereocenters. The monoisotopic (exact) mass is 251 g/mol. The zero-order valence-electron chi connectivity index (χ0n) is 12.5. The minimum atomic E-state index is -0.123. The van der Waals surface area contributed by atoms with Gasteiger partial charge in [0.15, 0.2) is 0 Å². The lowest BCUT2D eigenvalue weighted by Gasteiger charge is -2.28. The maximum absolute atomic E-state index is 13.3. The van der Waals surface area contributed by atoms with Gasteiger partial charge in [0, 0.05) is 5.54 Å². The molecule has 0 atom stereocenters. The van der Waals surface area contributed by atoms with Gasteiger partial charge in [-0.05, 0) is 63.3 Å². The Morgan fingerprint density at radius 3 is 2.22 bits per heavy atom. The molecular formula is C16H26FN. The van der Waals surface area contributed by atoms with Crippen LogP contribution in [0.3, 0.4) is 0 Å². The fourth-order valence-corrected chi connectivity index (χ4v) is 1.96. The molecule has 1 N–H and O–H groups in total. The van der Waals surface area contributed by atoms with Gasteiger partial charge >= 0.3 is 0 Å². The van der Waals surface area contributed by atoms with Crippen molar-refractivity contribution in [2.45, 2.75) is 58.9 Å². The second-order valence-electron chi connectivity index (χ2n) is 6.77. The summed E-state index contributed by atoms with van der Waals surface area (Å²) in [7, 11) is 0. The summed E-state index contributed by atoms with van der Waals surface area (Å²) < 4.78 is 13.3. The summed E-state index contributed by atoms with van der Waals surface area (Å²) in [4.78, 5) is 0. The molecule has 1 aromatic carbocycles. The Hall–Kier alpha value is -0.890. The van der Waals surface area contributed by atoms with Crippen molar-refractivity contribution in [3.63, 3.8) is 0 Å². The van der Waals surface area contributed by atoms with Gasteiger partial charge in [-0.1, -0.05) is 26.0 Å². The number of hydrogen-bond donors (Lipinski definition) is 1. The molecule has 0 bridgehead atoms. The third-order valence-corrected chi connectivity index (χ3v) is 3.34. The Morgan fingerprint density at radius 2 is 1.72 bits per heavy atom. The van der Waals surface area contributed by atoms with Crippen LogP contribution in [0.4, 0.5) is 4.39 Å². The van der Waals surface area contributed by atoms with Gasteiger partial charge < -0.3 is 5.32 Å². The summed E-state index contributed by atoms with van der Waals surface area (Å²) in [6, 6.07) is 5.44. The molecule has 1 aromatic rings. The average molecular weight is 251 g/mol. The highest BCUT2D eigenvalue weighted by Crippen LogP contribution is 2.28. The van der Waals surface area contributed by atoms with Crippen molar-refractivity contribution in [2.75, 3.05) is 6.54 Å². The molecule has 18 heavy (non-hydrogen) atoms. The Morgan fingerprint density at radius 1 is 1.11 bits per heavy atom. The van der Waals surface area contributed by atoms with Crippen LogP contribution >= 0.6 is 0 Å². The molecular weight excluding hydrogens is 225 g/mol. The molecule has 102 valence electrons. The lowest BCUT2D eigenvalue weighted by molar-refractivity contribution is 0.379. The summed E-state index contributed by atoms with van der Waals surface area (Å²) in [6.45, 7) is 13.7. The van der Waals surface area contributed by atoms with E-state index in [1.165, 1.54) is 5.56 Å². The molecule has 0 fully saturated rings. The van der Waals surface area contributed by atoms with Gasteiger partial charge in [0.05, 0.1) is 0 Å². The van der Waals surface area contributed by atoms with Gasteiger partial charge in [-0.25, -0.2) is 4.39 Å². The van der Waals surface area contributed by atoms with Crippen molar-refractivity contribution in [3.8, 4) is 0 Å². The van der Waals surface area contributed by atoms with Gasteiger partial charge in [-0.2, -0.15) is 0 Å². The Bertz CT molecular complexity index is 402. The summed E-state index contributed by atoms with van der Waals surface area (Å²) in [5.41, 5.74) is 2.15. The first-order chi connectivity index (χ1) is 8.12. The first kappa shape index (κ1) is 15.2. The van der Waals surface area contributed by atoms with E-state index < -0.39 is 0 Å². The van der Waals surface area contributed by atoms with E-state index in [4.69, 9.17) is 0 Å². The predicted molar refractivity (Wildman–Crippen MR) is 76.5 cm³/mol. The van der Waals surface area contributed by atoms with Crippen LogP contribution in [0.15, 0.2) is 18.2 Å². The molecule has 0 saturated carbocycles. The van der Waals surface area contributed by atoms with E-state index in [-0.39, 0.29) is 16.8 Å². The van der Waals surface area contributed by atoms with Crippen molar-refractivity contribution < 1.29 is 4.39 Å². The number of hydrogen-bond acceptors (Lipinski definition) is 1. The van der Waals surface area contributed by atoms with Crippen LogP contribution in [0.1, 0.15) is 52.2 Å². The van der Waals surface area contributed by atoms with E-state index in [1.807, 2.05) is 19.1 Å². The number of rotatable bonds is 4. The Balaban J connectivity index is 2.70. The zero-order valence-corrected chi connectivity index (χ0v) is 12.5. The van der Waals surface area contributed by atoms with Crippen LogP contribution in [0.2, 0.25) is 0 Å². The van der Waals surface area contributed by atoms with Crippen molar-refractivity contribution in [1.82, 2.24) is 5.32 Å². The third kappa shape index (κ3) is 4.41. The summed E-state index contributed by atoms with van der Waals surface area (Å²) in [5.74, 6) is -0.123. The lowest BCUT2D eigenvalue weighted by atomic mass is 9.81. The first-order valence-corrected chi connectivity index (χ1v) is 6.63. The highest BCUT2D eigenvalue weighted by molar-refractivity contribution is 5.29. The van der Waals surface area contributed by atoms with E-state index in [2.05, 4.69) is 39.9 Å². The minimum absolute atomic E-state index is 0.0662. The number of benzene rings is 1. The maximum atomic E-state index is 13.3. The van der Waals surface area contributed by atoms with Crippen molar-refractivity contribution in [1.29, 1.82) is 0 Å². The minimum Gasteiger partial charge on any atom is -0.312 e. The molecule has 0 aliphatic heterocycles. The highest BCUT2D eigenvalue weighted by atomic mass is 19.1. The summed E-state index contributed by atoms with van der Waals surface area (Å²) >= 11 is 0. The Kier molecular flexibility index (Phi) is 4.55. The maximum Gasteiger partial charge on any atom is 0.126 e. The standard InChI is InChI=1S/C16H26FN/c1-12-11-13(7-8-14(12)17)16(5,6)9-10-18-15(2,3)4/h7-8,11,18H,9-10H2,1-6H3. The molecule has 0 spiro atoms. The second kappa shape index (κ2) is 5.40. The molecule has 0 aliphatic carbocycles. The largest absolute Gasteiger partial charge is 0.312 e. The van der Waals surface area contributed by atoms with Gasteiger partial charge in [-0.15, -0.1) is 0 Å². The van der Waals surface area contributed by atoms with Crippen LogP contribution in [0.25, 0.3) is 0 Å². The second-order valence-corrected chi connectivity index (χ2v) is 6.77. The van der Waals surface area contributed by atoms with Crippen molar-refractivity contribution in [2.24, 2.45) is 0 Å². The van der Waals surface area contributed by atoms with Crippen LogP contribution in [0, 0.1) is 12.7 Å². The molecule has 1 nitrogen and oxygen atoms in total. The first-order valence-electron chi connectivity index (χ1n) is 6.63. The van der Waals surface area contributed by atoms with Crippen LogP contribution < -0.4 is 5.32 Å². The molecule has 0 aromatic heterocycles. The average Bonchev–Trinajstić information content (AvgIpc) is 2.19. The van der Waals surface area contributed by atoms with Crippen LogP contribution in [-0.2, 0) is 5.41 Å². The molecule has 0 heterocycles. The third-order valence-electron chi connectivity index (χ3n) is 3.34. The predicted octanol–water partition coefficient (Wildman–Crippen LogP) is 4.19. The van der Waals surface area contributed by atoms with Crippen LogP contribution in [0.5, 0.6) is 0 Å². The molecule has 0 amide bonds. The van der Waals surface area contributed by atoms with Crippen LogP contribution in [-0.4, -0.2) is 12.1 Å². The molecule has 0 radical (unpaired) electrons. The highest BCUT2D eigenvalue weighted by Gasteiger charge is 2.21. The smallest absolute Gasteiger partial charge is 0.126 e. The fraction of sp³-hybridized carbons (Fsp3) is 0.625. The van der Waals surface area contributed by atoms with Gasteiger partial charge in [0.2, 0.25) is 0 Å². The fourth-order valence-electron chi connectivity index (χ4n) is 1.96. The van der Waals surface area contributed by atoms with E-state index in [0.29, 0.717) is 0 Å². The van der Waals surface area contributed by atoms with E-state index in [1.54, 1.807) is 6.07 Å². The number of nitrogens with one attached hydrogen (secondary N) is 1. The van der Waals surface area contributed by atoms with E-state index in [0.717, 1.165) is 18.5 Å². The zero-order chi connectivity index (χ0) is 14.0. The van der Waals surface area contributed by atoms with E-state index >= 15 is 0 Å². The number of aryl methyl sites for hydroxylation is 1. The molecule has 0 saturated heterocycles. The molecule has 1 rings (SSSR count). The normalized spacial score (nSPS) is 12.8. The summed E-state index contributed by atoms with van der Waals surface area (Å²) in [5, 5.41) is 3.50. The number of halogens is 1. The lowest BCUT2D eigenvalue weighted by Crippen LogP contribution is -2.38. The van der Waals surface area contributed by atoms with Crippen molar-refractivity contribution in [3.05, 3.63) is 35.1 Å². The molecule has 0 aliphatic rings. The molecule has 2 heteroatoms.